The molecular formula is C19H14ClNO4. The molecule has 5 nitrogen and oxygen atoms in total. The molecule has 0 saturated heterocycles. The van der Waals surface area contributed by atoms with E-state index in [0.29, 0.717) is 22.1 Å². The van der Waals surface area contributed by atoms with Crippen molar-refractivity contribution < 1.29 is 19.2 Å². The van der Waals surface area contributed by atoms with E-state index < -0.39 is 5.97 Å². The van der Waals surface area contributed by atoms with E-state index in [2.05, 4.69) is 5.16 Å². The minimum Gasteiger partial charge on any atom is -0.457 e. The summed E-state index contributed by atoms with van der Waals surface area (Å²) in [4.78, 5) is 12.3. The van der Waals surface area contributed by atoms with Gasteiger partial charge in [-0.3, -0.25) is 0 Å². The average molecular weight is 356 g/mol. The molecule has 0 unspecified atom stereocenters. The van der Waals surface area contributed by atoms with E-state index in [-0.39, 0.29) is 12.2 Å². The standard InChI is InChI=1S/C19H14ClNO4/c20-17-8-6-14(18-9-7-15(25-18)11-21-23)10-16(17)19(22)24-12-13-4-2-1-3-5-13/h1-11,23H,12H2/b21-11+. The molecule has 1 aromatic heterocycles. The van der Waals surface area contributed by atoms with Crippen molar-refractivity contribution in [2.45, 2.75) is 6.61 Å². The van der Waals surface area contributed by atoms with Gasteiger partial charge in [0.1, 0.15) is 24.3 Å². The summed E-state index contributed by atoms with van der Waals surface area (Å²) in [5.74, 6) is 0.392. The van der Waals surface area contributed by atoms with Crippen molar-refractivity contribution in [1.82, 2.24) is 0 Å². The number of ether oxygens (including phenoxy) is 1. The SMILES string of the molecule is O=C(OCc1ccccc1)c1cc(-c2ccc(/C=N/O)o2)ccc1Cl. The fourth-order valence-electron chi connectivity index (χ4n) is 2.27. The Hall–Kier alpha value is -3.05. The van der Waals surface area contributed by atoms with E-state index in [1.54, 1.807) is 30.3 Å². The normalized spacial score (nSPS) is 10.9. The minimum absolute atomic E-state index is 0.165. The van der Waals surface area contributed by atoms with Gasteiger partial charge in [0.25, 0.3) is 0 Å². The van der Waals surface area contributed by atoms with E-state index in [4.69, 9.17) is 26.0 Å². The summed E-state index contributed by atoms with van der Waals surface area (Å²) in [6.45, 7) is 0.165. The Bertz CT molecular complexity index is 903. The number of halogens is 1. The Morgan fingerprint density at radius 2 is 1.96 bits per heavy atom. The Labute approximate surface area is 149 Å². The summed E-state index contributed by atoms with van der Waals surface area (Å²) < 4.78 is 10.8. The lowest BCUT2D eigenvalue weighted by Gasteiger charge is -2.08. The number of carbonyl (C=O) groups excluding carboxylic acids is 1. The van der Waals surface area contributed by atoms with Gasteiger partial charge in [-0.25, -0.2) is 4.79 Å². The van der Waals surface area contributed by atoms with Crippen LogP contribution < -0.4 is 0 Å². The summed E-state index contributed by atoms with van der Waals surface area (Å²) in [7, 11) is 0. The van der Waals surface area contributed by atoms with Crippen LogP contribution in [0.3, 0.4) is 0 Å². The highest BCUT2D eigenvalue weighted by molar-refractivity contribution is 6.33. The van der Waals surface area contributed by atoms with Crippen LogP contribution >= 0.6 is 11.6 Å². The Morgan fingerprint density at radius 3 is 2.72 bits per heavy atom. The lowest BCUT2D eigenvalue weighted by molar-refractivity contribution is 0.0473. The number of oxime groups is 1. The maximum atomic E-state index is 12.3. The van der Waals surface area contributed by atoms with Gasteiger partial charge in [0.15, 0.2) is 0 Å². The van der Waals surface area contributed by atoms with Crippen LogP contribution in [-0.2, 0) is 11.3 Å². The summed E-state index contributed by atoms with van der Waals surface area (Å²) in [5, 5.41) is 11.7. The second kappa shape index (κ2) is 7.68. The number of nitrogens with zero attached hydrogens (tertiary/aromatic N) is 1. The molecule has 0 saturated carbocycles. The van der Waals surface area contributed by atoms with Crippen LogP contribution in [0.5, 0.6) is 0 Å². The third kappa shape index (κ3) is 4.08. The zero-order valence-corrected chi connectivity index (χ0v) is 13.8. The molecule has 0 atom stereocenters. The fraction of sp³-hybridized carbons (Fsp3) is 0.0526. The van der Waals surface area contributed by atoms with Gasteiger partial charge >= 0.3 is 5.97 Å². The van der Waals surface area contributed by atoms with Gasteiger partial charge < -0.3 is 14.4 Å². The smallest absolute Gasteiger partial charge is 0.340 e. The lowest BCUT2D eigenvalue weighted by atomic mass is 10.1. The van der Waals surface area contributed by atoms with Gasteiger partial charge in [-0.05, 0) is 35.9 Å². The molecule has 1 heterocycles. The maximum absolute atomic E-state index is 12.3. The van der Waals surface area contributed by atoms with Gasteiger partial charge in [-0.15, -0.1) is 0 Å². The number of hydrogen-bond acceptors (Lipinski definition) is 5. The molecule has 0 fully saturated rings. The van der Waals surface area contributed by atoms with E-state index in [1.165, 1.54) is 6.21 Å². The van der Waals surface area contributed by atoms with Gasteiger partial charge in [-0.2, -0.15) is 0 Å². The first-order valence-corrected chi connectivity index (χ1v) is 7.83. The second-order valence-electron chi connectivity index (χ2n) is 5.20. The first-order chi connectivity index (χ1) is 12.2. The quantitative estimate of drug-likeness (QED) is 0.310. The summed E-state index contributed by atoms with van der Waals surface area (Å²) in [6, 6.07) is 17.7. The Kier molecular flexibility index (Phi) is 5.16. The van der Waals surface area contributed by atoms with Gasteiger partial charge in [0.05, 0.1) is 10.6 Å². The third-order valence-electron chi connectivity index (χ3n) is 3.50. The van der Waals surface area contributed by atoms with E-state index >= 15 is 0 Å². The first kappa shape index (κ1) is 16.8. The number of rotatable bonds is 5. The largest absolute Gasteiger partial charge is 0.457 e. The predicted molar refractivity (Wildman–Crippen MR) is 94.1 cm³/mol. The number of esters is 1. The van der Waals surface area contributed by atoms with Crippen LogP contribution in [0.2, 0.25) is 5.02 Å². The molecule has 0 spiro atoms. The van der Waals surface area contributed by atoms with E-state index in [1.807, 2.05) is 30.3 Å². The molecule has 25 heavy (non-hydrogen) atoms. The molecule has 6 heteroatoms. The van der Waals surface area contributed by atoms with Gasteiger partial charge in [0, 0.05) is 5.56 Å². The molecule has 0 aliphatic heterocycles. The third-order valence-corrected chi connectivity index (χ3v) is 3.82. The average Bonchev–Trinajstić information content (AvgIpc) is 3.10. The molecule has 1 N–H and O–H groups in total. The van der Waals surface area contributed by atoms with Crippen molar-refractivity contribution in [3.63, 3.8) is 0 Å². The predicted octanol–water partition coefficient (Wildman–Crippen LogP) is 4.77. The highest BCUT2D eigenvalue weighted by Gasteiger charge is 2.15. The molecule has 0 amide bonds. The summed E-state index contributed by atoms with van der Waals surface area (Å²) in [5.41, 5.74) is 1.81. The van der Waals surface area contributed by atoms with Crippen molar-refractivity contribution in [3.05, 3.63) is 82.6 Å². The van der Waals surface area contributed by atoms with Crippen LogP contribution in [0.25, 0.3) is 11.3 Å². The molecule has 3 aromatic rings. The molecule has 0 bridgehead atoms. The zero-order chi connectivity index (χ0) is 17.6. The van der Waals surface area contributed by atoms with Crippen LogP contribution in [-0.4, -0.2) is 17.4 Å². The maximum Gasteiger partial charge on any atom is 0.340 e. The van der Waals surface area contributed by atoms with Crippen molar-refractivity contribution in [2.24, 2.45) is 5.16 Å². The molecule has 2 aromatic carbocycles. The van der Waals surface area contributed by atoms with E-state index in [0.717, 1.165) is 5.56 Å². The number of carbonyl (C=O) groups is 1. The highest BCUT2D eigenvalue weighted by atomic mass is 35.5. The zero-order valence-electron chi connectivity index (χ0n) is 13.1. The lowest BCUT2D eigenvalue weighted by Crippen LogP contribution is -2.06. The molecular weight excluding hydrogens is 342 g/mol. The summed E-state index contributed by atoms with van der Waals surface area (Å²) in [6.07, 6.45) is 1.18. The van der Waals surface area contributed by atoms with Crippen LogP contribution in [0.1, 0.15) is 21.7 Å². The molecule has 126 valence electrons. The fourth-order valence-corrected chi connectivity index (χ4v) is 2.46. The van der Waals surface area contributed by atoms with Crippen molar-refractivity contribution in [2.75, 3.05) is 0 Å². The molecule has 0 aliphatic carbocycles. The highest BCUT2D eigenvalue weighted by Crippen LogP contribution is 2.27. The monoisotopic (exact) mass is 355 g/mol. The molecule has 0 radical (unpaired) electrons. The number of furan rings is 1. The van der Waals surface area contributed by atoms with Crippen molar-refractivity contribution in [3.8, 4) is 11.3 Å². The second-order valence-corrected chi connectivity index (χ2v) is 5.61. The molecule has 0 aliphatic rings. The summed E-state index contributed by atoms with van der Waals surface area (Å²) >= 11 is 6.13. The Morgan fingerprint density at radius 1 is 1.16 bits per heavy atom. The van der Waals surface area contributed by atoms with Crippen molar-refractivity contribution in [1.29, 1.82) is 0 Å². The minimum atomic E-state index is -0.514. The number of benzene rings is 2. The number of hydrogen-bond donors (Lipinski definition) is 1. The topological polar surface area (TPSA) is 72.0 Å². The first-order valence-electron chi connectivity index (χ1n) is 7.45. The van der Waals surface area contributed by atoms with Crippen LogP contribution in [0, 0.1) is 0 Å². The van der Waals surface area contributed by atoms with Gasteiger partial charge in [-0.1, -0.05) is 47.1 Å². The Balaban J connectivity index is 1.79. The van der Waals surface area contributed by atoms with E-state index in [9.17, 15) is 4.79 Å². The van der Waals surface area contributed by atoms with Crippen molar-refractivity contribution >= 4 is 23.8 Å². The van der Waals surface area contributed by atoms with Gasteiger partial charge in [0.2, 0.25) is 0 Å². The van der Waals surface area contributed by atoms with Crippen LogP contribution in [0.4, 0.5) is 0 Å². The van der Waals surface area contributed by atoms with Crippen LogP contribution in [0.15, 0.2) is 70.2 Å². The molecule has 3 rings (SSSR count).